The van der Waals surface area contributed by atoms with Gasteiger partial charge in [-0.1, -0.05) is 6.07 Å². The van der Waals surface area contributed by atoms with E-state index in [9.17, 15) is 19.5 Å². The Labute approximate surface area is 140 Å². The number of aromatic nitrogens is 1. The molecule has 0 aliphatic carbocycles. The van der Waals surface area contributed by atoms with Gasteiger partial charge in [0.1, 0.15) is 0 Å². The summed E-state index contributed by atoms with van der Waals surface area (Å²) < 4.78 is 0. The van der Waals surface area contributed by atoms with Gasteiger partial charge in [0, 0.05) is 32.3 Å². The summed E-state index contributed by atoms with van der Waals surface area (Å²) in [4.78, 5) is 43.6. The van der Waals surface area contributed by atoms with E-state index in [1.165, 1.54) is 0 Å². The van der Waals surface area contributed by atoms with Gasteiger partial charge in [0.25, 0.3) is 0 Å². The zero-order valence-electron chi connectivity index (χ0n) is 13.6. The van der Waals surface area contributed by atoms with Crippen LogP contribution in [0.2, 0.25) is 0 Å². The van der Waals surface area contributed by atoms with Crippen molar-refractivity contribution in [3.05, 3.63) is 30.1 Å². The number of likely N-dealkylation sites (tertiary alicyclic amines) is 2. The molecular formula is C17H21N3O4. The van der Waals surface area contributed by atoms with Gasteiger partial charge in [0.2, 0.25) is 11.8 Å². The maximum absolute atomic E-state index is 12.6. The minimum atomic E-state index is -0.883. The van der Waals surface area contributed by atoms with Crippen molar-refractivity contribution in [1.29, 1.82) is 0 Å². The van der Waals surface area contributed by atoms with Crippen molar-refractivity contribution in [3.63, 3.8) is 0 Å². The smallest absolute Gasteiger partial charge is 0.311 e. The van der Waals surface area contributed by atoms with Gasteiger partial charge in [-0.2, -0.15) is 0 Å². The number of carboxylic acid groups (broad SMARTS) is 1. The minimum Gasteiger partial charge on any atom is -0.481 e. The Hall–Kier alpha value is -2.44. The van der Waals surface area contributed by atoms with Crippen molar-refractivity contribution in [2.45, 2.75) is 26.3 Å². The maximum Gasteiger partial charge on any atom is 0.311 e. The van der Waals surface area contributed by atoms with Gasteiger partial charge in [-0.15, -0.1) is 0 Å². The third-order valence-corrected chi connectivity index (χ3v) is 4.94. The number of nitrogens with zero attached hydrogens (tertiary/aromatic N) is 3. The highest BCUT2D eigenvalue weighted by Gasteiger charge is 2.45. The first-order valence-corrected chi connectivity index (χ1v) is 8.09. The van der Waals surface area contributed by atoms with Crippen LogP contribution in [0.3, 0.4) is 0 Å². The lowest BCUT2D eigenvalue weighted by Gasteiger charge is -2.23. The van der Waals surface area contributed by atoms with Gasteiger partial charge < -0.3 is 14.9 Å². The summed E-state index contributed by atoms with van der Waals surface area (Å²) in [6.07, 6.45) is 2.31. The van der Waals surface area contributed by atoms with Gasteiger partial charge in [-0.3, -0.25) is 19.4 Å². The van der Waals surface area contributed by atoms with E-state index in [0.717, 1.165) is 5.69 Å². The number of amides is 2. The summed E-state index contributed by atoms with van der Waals surface area (Å²) in [6.45, 7) is 3.08. The van der Waals surface area contributed by atoms with Crippen LogP contribution >= 0.6 is 0 Å². The molecule has 3 heterocycles. The third-order valence-electron chi connectivity index (χ3n) is 4.94. The van der Waals surface area contributed by atoms with Crippen LogP contribution in [0, 0.1) is 11.3 Å². The lowest BCUT2D eigenvalue weighted by molar-refractivity contribution is -0.147. The fourth-order valence-electron chi connectivity index (χ4n) is 3.36. The number of carbonyl (C=O) groups excluding carboxylic acids is 2. The standard InChI is InChI=1S/C17H21N3O4/c1-17(16(23)24)5-7-19(11-17)15(22)12-8-14(21)20(9-12)10-13-4-2-3-6-18-13/h2-4,6,12H,5,7-11H2,1H3,(H,23,24). The molecule has 0 bridgehead atoms. The molecule has 2 amide bonds. The highest BCUT2D eigenvalue weighted by atomic mass is 16.4. The van der Waals surface area contributed by atoms with Gasteiger partial charge >= 0.3 is 5.97 Å². The first kappa shape index (κ1) is 16.4. The second-order valence-corrected chi connectivity index (χ2v) is 6.87. The van der Waals surface area contributed by atoms with Crippen LogP contribution < -0.4 is 0 Å². The van der Waals surface area contributed by atoms with Crippen LogP contribution in [-0.4, -0.2) is 57.3 Å². The second kappa shape index (κ2) is 6.22. The molecule has 2 aliphatic rings. The van der Waals surface area contributed by atoms with E-state index in [1.54, 1.807) is 22.9 Å². The predicted molar refractivity (Wildman–Crippen MR) is 84.7 cm³/mol. The number of aliphatic carboxylic acids is 1. The third kappa shape index (κ3) is 3.11. The molecule has 2 saturated heterocycles. The summed E-state index contributed by atoms with van der Waals surface area (Å²) in [5, 5.41) is 9.28. The fraction of sp³-hybridized carbons (Fsp3) is 0.529. The van der Waals surface area contributed by atoms with E-state index in [0.29, 0.717) is 26.1 Å². The Morgan fingerprint density at radius 1 is 1.42 bits per heavy atom. The highest BCUT2D eigenvalue weighted by Crippen LogP contribution is 2.32. The van der Waals surface area contributed by atoms with E-state index in [1.807, 2.05) is 18.2 Å². The molecule has 0 aromatic carbocycles. The summed E-state index contributed by atoms with van der Waals surface area (Å²) >= 11 is 0. The number of carboxylic acids is 1. The molecule has 24 heavy (non-hydrogen) atoms. The predicted octanol–water partition coefficient (Wildman–Crippen LogP) is 0.753. The molecule has 7 heteroatoms. The first-order valence-electron chi connectivity index (χ1n) is 8.09. The Balaban J connectivity index is 1.61. The summed E-state index contributed by atoms with van der Waals surface area (Å²) in [5.74, 6) is -1.44. The van der Waals surface area contributed by atoms with Crippen molar-refractivity contribution in [3.8, 4) is 0 Å². The lowest BCUT2D eigenvalue weighted by atomic mass is 9.90. The quantitative estimate of drug-likeness (QED) is 0.879. The molecule has 1 aromatic heterocycles. The van der Waals surface area contributed by atoms with Gasteiger partial charge in [0.05, 0.1) is 23.6 Å². The van der Waals surface area contributed by atoms with Crippen molar-refractivity contribution < 1.29 is 19.5 Å². The van der Waals surface area contributed by atoms with Crippen LogP contribution in [0.25, 0.3) is 0 Å². The number of pyridine rings is 1. The average Bonchev–Trinajstić information content (AvgIpc) is 3.13. The highest BCUT2D eigenvalue weighted by molar-refractivity contribution is 5.90. The van der Waals surface area contributed by atoms with Crippen molar-refractivity contribution in [2.75, 3.05) is 19.6 Å². The Morgan fingerprint density at radius 2 is 2.21 bits per heavy atom. The molecule has 0 saturated carbocycles. The van der Waals surface area contributed by atoms with Gasteiger partial charge in [0.15, 0.2) is 0 Å². The molecule has 2 unspecified atom stereocenters. The minimum absolute atomic E-state index is 0.0563. The molecule has 2 atom stereocenters. The molecule has 1 N–H and O–H groups in total. The first-order chi connectivity index (χ1) is 11.4. The normalized spacial score (nSPS) is 26.9. The number of hydrogen-bond donors (Lipinski definition) is 1. The largest absolute Gasteiger partial charge is 0.481 e. The van der Waals surface area contributed by atoms with Crippen molar-refractivity contribution in [1.82, 2.24) is 14.8 Å². The molecule has 0 radical (unpaired) electrons. The molecule has 0 spiro atoms. The maximum atomic E-state index is 12.6. The molecule has 7 nitrogen and oxygen atoms in total. The second-order valence-electron chi connectivity index (χ2n) is 6.87. The number of hydrogen-bond acceptors (Lipinski definition) is 4. The van der Waals surface area contributed by atoms with Crippen LogP contribution in [0.15, 0.2) is 24.4 Å². The molecule has 128 valence electrons. The van der Waals surface area contributed by atoms with Gasteiger partial charge in [-0.25, -0.2) is 0 Å². The number of rotatable bonds is 4. The Kier molecular flexibility index (Phi) is 4.26. The summed E-state index contributed by atoms with van der Waals surface area (Å²) in [5.41, 5.74) is -0.0927. The van der Waals surface area contributed by atoms with Crippen LogP contribution in [0.4, 0.5) is 0 Å². The van der Waals surface area contributed by atoms with Gasteiger partial charge in [-0.05, 0) is 25.5 Å². The summed E-state index contributed by atoms with van der Waals surface area (Å²) in [6, 6.07) is 5.53. The molecule has 2 aliphatic heterocycles. The Bertz CT molecular complexity index is 663. The topological polar surface area (TPSA) is 90.8 Å². The fourth-order valence-corrected chi connectivity index (χ4v) is 3.36. The SMILES string of the molecule is CC1(C(=O)O)CCN(C(=O)C2CC(=O)N(Cc3ccccn3)C2)C1. The lowest BCUT2D eigenvalue weighted by Crippen LogP contribution is -2.38. The van der Waals surface area contributed by atoms with E-state index in [4.69, 9.17) is 0 Å². The zero-order chi connectivity index (χ0) is 17.3. The molecule has 2 fully saturated rings. The average molecular weight is 331 g/mol. The van der Waals surface area contributed by atoms with Crippen LogP contribution in [-0.2, 0) is 20.9 Å². The monoisotopic (exact) mass is 331 g/mol. The molecule has 3 rings (SSSR count). The molecular weight excluding hydrogens is 310 g/mol. The van der Waals surface area contributed by atoms with E-state index in [2.05, 4.69) is 4.98 Å². The van der Waals surface area contributed by atoms with Crippen molar-refractivity contribution >= 4 is 17.8 Å². The molecule has 1 aromatic rings. The van der Waals surface area contributed by atoms with Crippen molar-refractivity contribution in [2.24, 2.45) is 11.3 Å². The van der Waals surface area contributed by atoms with Crippen LogP contribution in [0.5, 0.6) is 0 Å². The van der Waals surface area contributed by atoms with Crippen LogP contribution in [0.1, 0.15) is 25.5 Å². The van der Waals surface area contributed by atoms with E-state index < -0.39 is 17.3 Å². The zero-order valence-corrected chi connectivity index (χ0v) is 13.6. The van der Waals surface area contributed by atoms with E-state index in [-0.39, 0.29) is 24.8 Å². The number of carbonyl (C=O) groups is 3. The van der Waals surface area contributed by atoms with E-state index >= 15 is 0 Å². The summed E-state index contributed by atoms with van der Waals surface area (Å²) in [7, 11) is 0. The Morgan fingerprint density at radius 3 is 2.83 bits per heavy atom.